The van der Waals surface area contributed by atoms with E-state index in [4.69, 9.17) is 9.47 Å². The van der Waals surface area contributed by atoms with Crippen molar-refractivity contribution < 1.29 is 19.1 Å². The van der Waals surface area contributed by atoms with Crippen molar-refractivity contribution in [3.05, 3.63) is 46.8 Å². The molecule has 3 rings (SSSR count). The maximum Gasteiger partial charge on any atom is 0.359 e. The second-order valence-corrected chi connectivity index (χ2v) is 6.58. The molecule has 0 fully saturated rings. The van der Waals surface area contributed by atoms with E-state index in [0.29, 0.717) is 45.6 Å². The van der Waals surface area contributed by atoms with Gasteiger partial charge in [-0.25, -0.2) is 4.79 Å². The number of hydrogen-bond donors (Lipinski definition) is 1. The zero-order chi connectivity index (χ0) is 19.2. The number of aromatic amines is 1. The van der Waals surface area contributed by atoms with Gasteiger partial charge in [-0.2, -0.15) is 5.10 Å². The fourth-order valence-electron chi connectivity index (χ4n) is 3.08. The first kappa shape index (κ1) is 18.9. The number of fused-ring (bicyclic) bond motifs is 1. The molecule has 1 amide bonds. The minimum atomic E-state index is -0.448. The number of rotatable bonds is 7. The van der Waals surface area contributed by atoms with Gasteiger partial charge in [-0.15, -0.1) is 0 Å². The Morgan fingerprint density at radius 2 is 2.04 bits per heavy atom. The van der Waals surface area contributed by atoms with Crippen molar-refractivity contribution in [2.75, 3.05) is 19.8 Å². The summed E-state index contributed by atoms with van der Waals surface area (Å²) in [5.74, 6) is 0.424. The molecular weight excluding hydrogens is 346 g/mol. The van der Waals surface area contributed by atoms with Crippen LogP contribution in [0.1, 0.15) is 47.1 Å². The van der Waals surface area contributed by atoms with Crippen LogP contribution in [-0.2, 0) is 22.5 Å². The van der Waals surface area contributed by atoms with Crippen molar-refractivity contribution >= 4 is 11.9 Å². The highest BCUT2D eigenvalue weighted by Gasteiger charge is 2.28. The van der Waals surface area contributed by atoms with Crippen LogP contribution >= 0.6 is 0 Å². The first-order valence-corrected chi connectivity index (χ1v) is 9.29. The molecule has 0 bridgehead atoms. The molecule has 0 spiro atoms. The van der Waals surface area contributed by atoms with E-state index >= 15 is 0 Å². The third kappa shape index (κ3) is 4.67. The molecule has 0 radical (unpaired) electrons. The number of hydrogen-bond acceptors (Lipinski definition) is 5. The molecule has 7 nitrogen and oxygen atoms in total. The van der Waals surface area contributed by atoms with Crippen molar-refractivity contribution in [3.8, 4) is 5.75 Å². The van der Waals surface area contributed by atoms with Crippen molar-refractivity contribution in [2.24, 2.45) is 0 Å². The van der Waals surface area contributed by atoms with Crippen LogP contribution in [0.5, 0.6) is 5.75 Å². The van der Waals surface area contributed by atoms with Crippen molar-refractivity contribution in [2.45, 2.75) is 39.7 Å². The quantitative estimate of drug-likeness (QED) is 0.597. The molecule has 2 aromatic rings. The Hall–Kier alpha value is -2.83. The molecule has 27 heavy (non-hydrogen) atoms. The van der Waals surface area contributed by atoms with Gasteiger partial charge in [0.15, 0.2) is 5.69 Å². The molecule has 0 saturated heterocycles. The highest BCUT2D eigenvalue weighted by Crippen LogP contribution is 2.22. The van der Waals surface area contributed by atoms with Crippen LogP contribution in [-0.4, -0.2) is 46.7 Å². The van der Waals surface area contributed by atoms with E-state index in [1.165, 1.54) is 5.56 Å². The van der Waals surface area contributed by atoms with Crippen LogP contribution in [0.25, 0.3) is 0 Å². The first-order valence-electron chi connectivity index (χ1n) is 9.29. The standard InChI is InChI=1S/C20H25N3O4/c1-3-26-20(25)19-16-13-23(11-10-17(16)21-22-19)18(24)5-4-12-27-15-8-6-14(2)7-9-15/h6-9H,3-5,10-13H2,1-2H3,(H,21,22). The molecule has 0 saturated carbocycles. The van der Waals surface area contributed by atoms with Gasteiger partial charge in [0.2, 0.25) is 5.91 Å². The molecule has 2 heterocycles. The number of amides is 1. The van der Waals surface area contributed by atoms with E-state index in [0.717, 1.165) is 17.0 Å². The summed E-state index contributed by atoms with van der Waals surface area (Å²) in [6.07, 6.45) is 1.72. The molecule has 1 N–H and O–H groups in total. The Morgan fingerprint density at radius 3 is 2.78 bits per heavy atom. The molecule has 7 heteroatoms. The number of nitrogens with zero attached hydrogens (tertiary/aromatic N) is 2. The van der Waals surface area contributed by atoms with Gasteiger partial charge in [0.05, 0.1) is 13.2 Å². The van der Waals surface area contributed by atoms with Crippen LogP contribution in [0.15, 0.2) is 24.3 Å². The molecule has 144 valence electrons. The fraction of sp³-hybridized carbons (Fsp3) is 0.450. The molecule has 0 aliphatic carbocycles. The van der Waals surface area contributed by atoms with E-state index in [1.54, 1.807) is 11.8 Å². The summed E-state index contributed by atoms with van der Waals surface area (Å²) in [5.41, 5.74) is 3.14. The zero-order valence-corrected chi connectivity index (χ0v) is 15.8. The summed E-state index contributed by atoms with van der Waals surface area (Å²) >= 11 is 0. The number of H-pyrrole nitrogens is 1. The second-order valence-electron chi connectivity index (χ2n) is 6.58. The Bertz CT molecular complexity index is 798. The Morgan fingerprint density at radius 1 is 1.26 bits per heavy atom. The number of nitrogens with one attached hydrogen (secondary N) is 1. The van der Waals surface area contributed by atoms with Crippen molar-refractivity contribution in [1.29, 1.82) is 0 Å². The second kappa shape index (κ2) is 8.70. The lowest BCUT2D eigenvalue weighted by Gasteiger charge is -2.27. The lowest BCUT2D eigenvalue weighted by Crippen LogP contribution is -2.36. The monoisotopic (exact) mass is 371 g/mol. The predicted octanol–water partition coefficient (Wildman–Crippen LogP) is 2.64. The maximum atomic E-state index is 12.5. The average Bonchev–Trinajstić information content (AvgIpc) is 3.10. The zero-order valence-electron chi connectivity index (χ0n) is 15.8. The van der Waals surface area contributed by atoms with Crippen LogP contribution in [0, 0.1) is 6.92 Å². The average molecular weight is 371 g/mol. The highest BCUT2D eigenvalue weighted by atomic mass is 16.5. The van der Waals surface area contributed by atoms with Gasteiger partial charge in [-0.1, -0.05) is 17.7 Å². The summed E-state index contributed by atoms with van der Waals surface area (Å²) in [6, 6.07) is 7.86. The minimum absolute atomic E-state index is 0.0594. The molecule has 1 aliphatic heterocycles. The molecule has 1 aromatic heterocycles. The molecule has 0 atom stereocenters. The van der Waals surface area contributed by atoms with E-state index in [9.17, 15) is 9.59 Å². The number of esters is 1. The van der Waals surface area contributed by atoms with Crippen molar-refractivity contribution in [1.82, 2.24) is 15.1 Å². The van der Waals surface area contributed by atoms with Gasteiger partial charge < -0.3 is 14.4 Å². The lowest BCUT2D eigenvalue weighted by molar-refractivity contribution is -0.132. The molecule has 0 unspecified atom stereocenters. The largest absolute Gasteiger partial charge is 0.494 e. The van der Waals surface area contributed by atoms with Gasteiger partial charge in [-0.05, 0) is 32.4 Å². The number of aromatic nitrogens is 2. The van der Waals surface area contributed by atoms with Gasteiger partial charge >= 0.3 is 5.97 Å². The lowest BCUT2D eigenvalue weighted by atomic mass is 10.0. The predicted molar refractivity (Wildman–Crippen MR) is 99.6 cm³/mol. The van der Waals surface area contributed by atoms with E-state index in [-0.39, 0.29) is 11.6 Å². The Kier molecular flexibility index (Phi) is 6.11. The SMILES string of the molecule is CCOC(=O)c1n[nH]c2c1CN(C(=O)CCCOc1ccc(C)cc1)CC2. The van der Waals surface area contributed by atoms with E-state index in [1.807, 2.05) is 31.2 Å². The van der Waals surface area contributed by atoms with Gasteiger partial charge in [0, 0.05) is 37.2 Å². The fourth-order valence-corrected chi connectivity index (χ4v) is 3.08. The summed E-state index contributed by atoms with van der Waals surface area (Å²) in [6.45, 7) is 5.58. The number of carbonyl (C=O) groups excluding carboxylic acids is 2. The Balaban J connectivity index is 1.49. The summed E-state index contributed by atoms with van der Waals surface area (Å²) in [5, 5.41) is 6.96. The molecule has 1 aromatic carbocycles. The first-order chi connectivity index (χ1) is 13.1. The number of ether oxygens (including phenoxy) is 2. The topological polar surface area (TPSA) is 84.5 Å². The van der Waals surface area contributed by atoms with E-state index < -0.39 is 5.97 Å². The van der Waals surface area contributed by atoms with Crippen LogP contribution in [0.2, 0.25) is 0 Å². The minimum Gasteiger partial charge on any atom is -0.494 e. The third-order valence-corrected chi connectivity index (χ3v) is 4.58. The summed E-state index contributed by atoms with van der Waals surface area (Å²) in [4.78, 5) is 26.3. The number of carbonyl (C=O) groups is 2. The smallest absolute Gasteiger partial charge is 0.359 e. The number of aryl methyl sites for hydroxylation is 1. The van der Waals surface area contributed by atoms with E-state index in [2.05, 4.69) is 10.2 Å². The summed E-state index contributed by atoms with van der Waals surface area (Å²) < 4.78 is 10.7. The van der Waals surface area contributed by atoms with Gasteiger partial charge in [0.25, 0.3) is 0 Å². The van der Waals surface area contributed by atoms with Gasteiger partial charge in [0.1, 0.15) is 5.75 Å². The number of benzene rings is 1. The summed E-state index contributed by atoms with van der Waals surface area (Å²) in [7, 11) is 0. The Labute approximate surface area is 158 Å². The molecule has 1 aliphatic rings. The van der Waals surface area contributed by atoms with Crippen LogP contribution in [0.4, 0.5) is 0 Å². The van der Waals surface area contributed by atoms with Crippen LogP contribution in [0.3, 0.4) is 0 Å². The highest BCUT2D eigenvalue weighted by molar-refractivity contribution is 5.89. The van der Waals surface area contributed by atoms with Crippen molar-refractivity contribution in [3.63, 3.8) is 0 Å². The maximum absolute atomic E-state index is 12.5. The normalized spacial score (nSPS) is 13.2. The van der Waals surface area contributed by atoms with Gasteiger partial charge in [-0.3, -0.25) is 9.89 Å². The third-order valence-electron chi connectivity index (χ3n) is 4.58. The van der Waals surface area contributed by atoms with Crippen LogP contribution < -0.4 is 4.74 Å². The molecular formula is C20H25N3O4.